The fourth-order valence-electron chi connectivity index (χ4n) is 5.57. The molecule has 8 aromatic rings. The minimum atomic E-state index is 0. The van der Waals surface area contributed by atoms with Crippen molar-refractivity contribution in [2.24, 2.45) is 0 Å². The number of pyridine rings is 2. The number of aromatic nitrogens is 4. The molecule has 4 aromatic heterocycles. The molecule has 5 heteroatoms. The number of aryl methyl sites for hydroxylation is 4. The van der Waals surface area contributed by atoms with Crippen molar-refractivity contribution in [3.05, 3.63) is 120 Å². The maximum absolute atomic E-state index is 4.51. The Morgan fingerprint density at radius 2 is 1.08 bits per heavy atom. The van der Waals surface area contributed by atoms with Gasteiger partial charge in [0.2, 0.25) is 0 Å². The van der Waals surface area contributed by atoms with E-state index in [2.05, 4.69) is 107 Å². The molecule has 0 spiro atoms. The van der Waals surface area contributed by atoms with Crippen molar-refractivity contribution in [1.29, 1.82) is 0 Å². The predicted molar refractivity (Wildman–Crippen MR) is 158 cm³/mol. The third-order valence-corrected chi connectivity index (χ3v) is 7.85. The maximum Gasteiger partial charge on any atom is 0.145 e. The average molecular weight is 684 g/mol. The third kappa shape index (κ3) is 3.93. The Morgan fingerprint density at radius 1 is 0.564 bits per heavy atom. The topological polar surface area (TPSA) is 34.6 Å². The molecule has 39 heavy (non-hydrogen) atoms. The van der Waals surface area contributed by atoms with Gasteiger partial charge >= 0.3 is 0 Å². The molecule has 4 heterocycles. The van der Waals surface area contributed by atoms with Crippen LogP contribution in [-0.2, 0) is 20.1 Å². The van der Waals surface area contributed by atoms with E-state index in [1.54, 1.807) is 0 Å². The van der Waals surface area contributed by atoms with Gasteiger partial charge in [-0.05, 0) is 78.9 Å². The number of imidazole rings is 2. The molecule has 0 aliphatic heterocycles. The quantitative estimate of drug-likeness (QED) is 0.119. The molecule has 0 unspecified atom stereocenters. The molecule has 0 N–H and O–H groups in total. The van der Waals surface area contributed by atoms with Crippen LogP contribution in [0.1, 0.15) is 22.3 Å². The molecule has 8 rings (SSSR count). The fraction of sp³-hybridized carbons (Fsp3) is 0.118. The zero-order chi connectivity index (χ0) is 26.0. The summed E-state index contributed by atoms with van der Waals surface area (Å²) in [5.41, 5.74) is 9.73. The van der Waals surface area contributed by atoms with Gasteiger partial charge in [-0.25, -0.2) is 4.98 Å². The first-order valence-electron chi connectivity index (χ1n) is 12.9. The molecule has 0 amide bonds. The van der Waals surface area contributed by atoms with Crippen LogP contribution in [-0.4, -0.2) is 18.8 Å². The summed E-state index contributed by atoms with van der Waals surface area (Å²) < 4.78 is 4.34. The normalized spacial score (nSPS) is 11.4. The number of benzene rings is 4. The summed E-state index contributed by atoms with van der Waals surface area (Å²) in [6.45, 7) is 8.64. The van der Waals surface area contributed by atoms with Crippen LogP contribution < -0.4 is 0 Å². The van der Waals surface area contributed by atoms with E-state index in [9.17, 15) is 0 Å². The summed E-state index contributed by atoms with van der Waals surface area (Å²) >= 11 is 0. The van der Waals surface area contributed by atoms with Crippen molar-refractivity contribution in [2.75, 3.05) is 0 Å². The van der Waals surface area contributed by atoms with Gasteiger partial charge in [-0.2, -0.15) is 0 Å². The van der Waals surface area contributed by atoms with Crippen molar-refractivity contribution >= 4 is 54.6 Å². The van der Waals surface area contributed by atoms with Crippen LogP contribution in [0.15, 0.2) is 91.5 Å². The van der Waals surface area contributed by atoms with Gasteiger partial charge in [0.05, 0.1) is 11.2 Å². The van der Waals surface area contributed by atoms with Crippen LogP contribution in [0.25, 0.3) is 54.6 Å². The zero-order valence-corrected chi connectivity index (χ0v) is 24.7. The molecule has 4 aromatic carbocycles. The standard InChI is InChI=1S/C17H14N2.C17H13N2.Ir/c2*1-11-9-15-13-5-3-4-6-14(13)17-18-7-8-19(17)16(15)10-12(11)2;/h3-10H,1-2H3;3-5,7-10H,1-2H3;/q;-1;. The Morgan fingerprint density at radius 3 is 1.74 bits per heavy atom. The Kier molecular flexibility index (Phi) is 6.22. The minimum absolute atomic E-state index is 0. The van der Waals surface area contributed by atoms with Crippen molar-refractivity contribution in [2.45, 2.75) is 27.7 Å². The van der Waals surface area contributed by atoms with Crippen LogP contribution in [0.4, 0.5) is 0 Å². The number of rotatable bonds is 0. The second-order valence-electron chi connectivity index (χ2n) is 10.2. The molecule has 1 radical (unpaired) electrons. The van der Waals surface area contributed by atoms with Gasteiger partial charge < -0.3 is 4.40 Å². The molecule has 0 bridgehead atoms. The molecule has 0 aliphatic carbocycles. The SMILES string of the molecule is Cc1cc2c3ccc[c-]c3c3nccn3c2cc1C.Cc1cc2c3ccccc3c3nccn3c2cc1C.[Ir]. The van der Waals surface area contributed by atoms with Crippen molar-refractivity contribution in [3.63, 3.8) is 0 Å². The molecular formula is C34H27IrN4-. The van der Waals surface area contributed by atoms with E-state index < -0.39 is 0 Å². The zero-order valence-electron chi connectivity index (χ0n) is 22.3. The molecule has 0 saturated heterocycles. The number of nitrogens with zero attached hydrogens (tertiary/aromatic N) is 4. The van der Waals surface area contributed by atoms with Crippen LogP contribution >= 0.6 is 0 Å². The average Bonchev–Trinajstić information content (AvgIpc) is 3.62. The Labute approximate surface area is 240 Å². The number of hydrogen-bond acceptors (Lipinski definition) is 2. The second-order valence-corrected chi connectivity index (χ2v) is 10.2. The Hall–Kier alpha value is -4.05. The van der Waals surface area contributed by atoms with E-state index in [1.165, 1.54) is 60.2 Å². The summed E-state index contributed by atoms with van der Waals surface area (Å²) in [7, 11) is 0. The number of hydrogen-bond donors (Lipinski definition) is 0. The van der Waals surface area contributed by atoms with Gasteiger partial charge in [-0.1, -0.05) is 35.7 Å². The molecule has 0 aliphatic rings. The molecule has 4 nitrogen and oxygen atoms in total. The maximum atomic E-state index is 4.51. The van der Waals surface area contributed by atoms with E-state index in [4.69, 9.17) is 0 Å². The first kappa shape index (κ1) is 25.2. The van der Waals surface area contributed by atoms with Crippen LogP contribution in [0.5, 0.6) is 0 Å². The van der Waals surface area contributed by atoms with Crippen molar-refractivity contribution < 1.29 is 20.1 Å². The third-order valence-electron chi connectivity index (χ3n) is 7.85. The molecule has 0 atom stereocenters. The second kappa shape index (κ2) is 9.60. The summed E-state index contributed by atoms with van der Waals surface area (Å²) in [5, 5.41) is 7.36. The van der Waals surface area contributed by atoms with E-state index in [-0.39, 0.29) is 20.1 Å². The Balaban J connectivity index is 0.000000138. The van der Waals surface area contributed by atoms with Gasteiger partial charge in [-0.3, -0.25) is 9.38 Å². The van der Waals surface area contributed by atoms with E-state index in [1.807, 2.05) is 36.9 Å². The first-order valence-corrected chi connectivity index (χ1v) is 12.9. The summed E-state index contributed by atoms with van der Waals surface area (Å²) in [5.74, 6) is 0. The summed E-state index contributed by atoms with van der Waals surface area (Å²) in [6, 6.07) is 27.0. The largest absolute Gasteiger partial charge is 0.340 e. The monoisotopic (exact) mass is 684 g/mol. The number of fused-ring (bicyclic) bond motifs is 12. The van der Waals surface area contributed by atoms with Crippen LogP contribution in [0.3, 0.4) is 0 Å². The van der Waals surface area contributed by atoms with Crippen LogP contribution in [0, 0.1) is 33.8 Å². The van der Waals surface area contributed by atoms with Gasteiger partial charge in [0, 0.05) is 61.2 Å². The van der Waals surface area contributed by atoms with Crippen molar-refractivity contribution in [3.8, 4) is 0 Å². The van der Waals surface area contributed by atoms with Crippen LogP contribution in [0.2, 0.25) is 0 Å². The summed E-state index contributed by atoms with van der Waals surface area (Å²) in [6.07, 6.45) is 7.78. The van der Waals surface area contributed by atoms with Gasteiger partial charge in [0.25, 0.3) is 0 Å². The van der Waals surface area contributed by atoms with Crippen molar-refractivity contribution in [1.82, 2.24) is 18.8 Å². The van der Waals surface area contributed by atoms with Gasteiger partial charge in [0.15, 0.2) is 0 Å². The molecule has 0 fully saturated rings. The van der Waals surface area contributed by atoms with E-state index in [0.29, 0.717) is 0 Å². The molecule has 193 valence electrons. The van der Waals surface area contributed by atoms with E-state index in [0.717, 1.165) is 16.7 Å². The smallest absolute Gasteiger partial charge is 0.145 e. The fourth-order valence-corrected chi connectivity index (χ4v) is 5.57. The van der Waals surface area contributed by atoms with E-state index >= 15 is 0 Å². The Bertz CT molecular complexity index is 2030. The molecule has 0 saturated carbocycles. The predicted octanol–water partition coefficient (Wildman–Crippen LogP) is 8.31. The minimum Gasteiger partial charge on any atom is -0.340 e. The van der Waals surface area contributed by atoms with Gasteiger partial charge in [0.1, 0.15) is 5.65 Å². The first-order chi connectivity index (χ1) is 18.5. The summed E-state index contributed by atoms with van der Waals surface area (Å²) in [4.78, 5) is 8.99. The van der Waals surface area contributed by atoms with Gasteiger partial charge in [-0.15, -0.1) is 29.7 Å². The molecular weight excluding hydrogens is 657 g/mol.